The van der Waals surface area contributed by atoms with Gasteiger partial charge >= 0.3 is 0 Å². The lowest BCUT2D eigenvalue weighted by molar-refractivity contribution is 0.288. The summed E-state index contributed by atoms with van der Waals surface area (Å²) >= 11 is 0. The average molecular weight is 342 g/mol. The molecule has 136 valence electrons. The smallest absolute Gasteiger partial charge is 0.213 e. The Kier molecular flexibility index (Phi) is 5.09. The highest BCUT2D eigenvalue weighted by Gasteiger charge is 2.35. The van der Waals surface area contributed by atoms with Crippen molar-refractivity contribution in [1.29, 1.82) is 0 Å². The van der Waals surface area contributed by atoms with E-state index >= 15 is 0 Å². The van der Waals surface area contributed by atoms with Gasteiger partial charge in [0.1, 0.15) is 0 Å². The first kappa shape index (κ1) is 16.7. The number of pyridine rings is 1. The van der Waals surface area contributed by atoms with Gasteiger partial charge in [0.05, 0.1) is 6.61 Å². The van der Waals surface area contributed by atoms with Crippen molar-refractivity contribution in [1.82, 2.24) is 15.2 Å². The fraction of sp³-hybridized carbons (Fsp3) is 0.700. The maximum Gasteiger partial charge on any atom is 0.213 e. The number of fused-ring (bicyclic) bond motifs is 1. The van der Waals surface area contributed by atoms with Crippen LogP contribution in [0.5, 0.6) is 5.88 Å². The summed E-state index contributed by atoms with van der Waals surface area (Å²) in [5.74, 6) is 4.27. The first-order valence-corrected chi connectivity index (χ1v) is 9.85. The number of aliphatic imine (C=N–C) groups is 1. The zero-order chi connectivity index (χ0) is 17.1. The minimum Gasteiger partial charge on any atom is -0.477 e. The molecule has 1 N–H and O–H groups in total. The minimum absolute atomic E-state index is 0.744. The number of rotatable bonds is 5. The molecular weight excluding hydrogens is 312 g/mol. The van der Waals surface area contributed by atoms with Crippen LogP contribution in [0.2, 0.25) is 0 Å². The number of ether oxygens (including phenoxy) is 1. The molecule has 0 bridgehead atoms. The Bertz CT molecular complexity index is 599. The van der Waals surface area contributed by atoms with Gasteiger partial charge in [-0.3, -0.25) is 4.99 Å². The molecule has 5 nitrogen and oxygen atoms in total. The molecule has 2 heterocycles. The highest BCUT2D eigenvalue weighted by molar-refractivity contribution is 5.80. The third kappa shape index (κ3) is 4.25. The quantitative estimate of drug-likeness (QED) is 0.660. The van der Waals surface area contributed by atoms with Crippen LogP contribution in [-0.4, -0.2) is 42.6 Å². The summed E-state index contributed by atoms with van der Waals surface area (Å²) in [4.78, 5) is 11.3. The van der Waals surface area contributed by atoms with Crippen LogP contribution in [0.4, 0.5) is 0 Å². The molecule has 5 heteroatoms. The normalized spacial score (nSPS) is 26.4. The first-order valence-electron chi connectivity index (χ1n) is 9.85. The summed E-state index contributed by atoms with van der Waals surface area (Å²) in [7, 11) is 1.89. The van der Waals surface area contributed by atoms with Gasteiger partial charge in [-0.15, -0.1) is 0 Å². The van der Waals surface area contributed by atoms with Gasteiger partial charge in [0.15, 0.2) is 5.96 Å². The SMILES string of the molecule is CN=C(NCc1ccnc(OCC2CC2)c1)N1CC2CCCCC2C1. The van der Waals surface area contributed by atoms with Gasteiger partial charge in [-0.1, -0.05) is 12.8 Å². The third-order valence-corrected chi connectivity index (χ3v) is 5.90. The lowest BCUT2D eigenvalue weighted by Gasteiger charge is -2.22. The van der Waals surface area contributed by atoms with Crippen molar-refractivity contribution in [3.05, 3.63) is 23.9 Å². The molecule has 2 saturated carbocycles. The van der Waals surface area contributed by atoms with E-state index < -0.39 is 0 Å². The molecule has 0 radical (unpaired) electrons. The zero-order valence-corrected chi connectivity index (χ0v) is 15.3. The molecule has 1 aromatic rings. The van der Waals surface area contributed by atoms with E-state index in [0.717, 1.165) is 55.8 Å². The molecular formula is C20H30N4O. The van der Waals surface area contributed by atoms with Crippen LogP contribution in [0, 0.1) is 17.8 Å². The van der Waals surface area contributed by atoms with E-state index in [0.29, 0.717) is 0 Å². The van der Waals surface area contributed by atoms with Crippen molar-refractivity contribution in [2.45, 2.75) is 45.1 Å². The summed E-state index contributed by atoms with van der Waals surface area (Å²) in [6, 6.07) is 4.10. The Hall–Kier alpha value is -1.78. The summed E-state index contributed by atoms with van der Waals surface area (Å²) < 4.78 is 5.79. The second-order valence-corrected chi connectivity index (χ2v) is 7.87. The lowest BCUT2D eigenvalue weighted by Crippen LogP contribution is -2.39. The van der Waals surface area contributed by atoms with Crippen LogP contribution in [0.3, 0.4) is 0 Å². The monoisotopic (exact) mass is 342 g/mol. The number of hydrogen-bond acceptors (Lipinski definition) is 3. The number of aromatic nitrogens is 1. The largest absolute Gasteiger partial charge is 0.477 e. The lowest BCUT2D eigenvalue weighted by atomic mass is 9.82. The zero-order valence-electron chi connectivity index (χ0n) is 15.3. The van der Waals surface area contributed by atoms with Crippen molar-refractivity contribution < 1.29 is 4.74 Å². The molecule has 0 amide bonds. The number of likely N-dealkylation sites (tertiary alicyclic amines) is 1. The molecule has 2 atom stereocenters. The molecule has 1 aromatic heterocycles. The van der Waals surface area contributed by atoms with E-state index in [2.05, 4.69) is 20.2 Å². The average Bonchev–Trinajstić information content (AvgIpc) is 3.38. The molecule has 2 unspecified atom stereocenters. The fourth-order valence-electron chi connectivity index (χ4n) is 4.22. The van der Waals surface area contributed by atoms with Gasteiger partial charge < -0.3 is 15.0 Å². The van der Waals surface area contributed by atoms with E-state index in [-0.39, 0.29) is 0 Å². The molecule has 0 aromatic carbocycles. The first-order chi connectivity index (χ1) is 12.3. The number of nitrogens with one attached hydrogen (secondary N) is 1. The second-order valence-electron chi connectivity index (χ2n) is 7.87. The maximum atomic E-state index is 5.79. The highest BCUT2D eigenvalue weighted by Crippen LogP contribution is 2.36. The van der Waals surface area contributed by atoms with Crippen LogP contribution < -0.4 is 10.1 Å². The van der Waals surface area contributed by atoms with Gasteiger partial charge in [-0.2, -0.15) is 0 Å². The molecule has 2 aliphatic carbocycles. The van der Waals surface area contributed by atoms with Gasteiger partial charge in [-0.05, 0) is 55.1 Å². The molecule has 3 fully saturated rings. The number of guanidine groups is 1. The number of hydrogen-bond donors (Lipinski definition) is 1. The Labute approximate surface area is 150 Å². The Morgan fingerprint density at radius 3 is 2.68 bits per heavy atom. The van der Waals surface area contributed by atoms with Gasteiger partial charge in [0, 0.05) is 38.9 Å². The van der Waals surface area contributed by atoms with Crippen LogP contribution in [0.1, 0.15) is 44.1 Å². The van der Waals surface area contributed by atoms with Crippen molar-refractivity contribution in [3.63, 3.8) is 0 Å². The predicted molar refractivity (Wildman–Crippen MR) is 99.7 cm³/mol. The molecule has 1 saturated heterocycles. The van der Waals surface area contributed by atoms with Crippen molar-refractivity contribution in [3.8, 4) is 5.88 Å². The Morgan fingerprint density at radius 1 is 1.24 bits per heavy atom. The van der Waals surface area contributed by atoms with Crippen LogP contribution >= 0.6 is 0 Å². The predicted octanol–water partition coefficient (Wildman–Crippen LogP) is 3.07. The molecule has 0 spiro atoms. The standard InChI is InChI=1S/C20H30N4O/c1-21-20(24-12-17-4-2-3-5-18(17)13-24)23-11-16-8-9-22-19(10-16)25-14-15-6-7-15/h8-10,15,17-18H,2-7,11-14H2,1H3,(H,21,23). The van der Waals surface area contributed by atoms with Crippen LogP contribution in [-0.2, 0) is 6.54 Å². The molecule has 1 aliphatic heterocycles. The number of nitrogens with zero attached hydrogens (tertiary/aromatic N) is 3. The summed E-state index contributed by atoms with van der Waals surface area (Å²) in [5.41, 5.74) is 1.19. The van der Waals surface area contributed by atoms with Crippen molar-refractivity contribution in [2.24, 2.45) is 22.7 Å². The topological polar surface area (TPSA) is 49.8 Å². The van der Waals surface area contributed by atoms with E-state index in [1.807, 2.05) is 25.4 Å². The van der Waals surface area contributed by atoms with Crippen LogP contribution in [0.15, 0.2) is 23.3 Å². The van der Waals surface area contributed by atoms with Gasteiger partial charge in [-0.25, -0.2) is 4.98 Å². The van der Waals surface area contributed by atoms with Gasteiger partial charge in [0.2, 0.25) is 5.88 Å². The van der Waals surface area contributed by atoms with Crippen molar-refractivity contribution >= 4 is 5.96 Å². The van der Waals surface area contributed by atoms with Crippen LogP contribution in [0.25, 0.3) is 0 Å². The summed E-state index contributed by atoms with van der Waals surface area (Å²) in [6.45, 7) is 3.90. The summed E-state index contributed by atoms with van der Waals surface area (Å²) in [6.07, 6.45) is 10.0. The van der Waals surface area contributed by atoms with E-state index in [4.69, 9.17) is 4.74 Å². The highest BCUT2D eigenvalue weighted by atomic mass is 16.5. The van der Waals surface area contributed by atoms with E-state index in [1.54, 1.807) is 0 Å². The minimum atomic E-state index is 0.744. The third-order valence-electron chi connectivity index (χ3n) is 5.90. The van der Waals surface area contributed by atoms with Gasteiger partial charge in [0.25, 0.3) is 0 Å². The van der Waals surface area contributed by atoms with Crippen molar-refractivity contribution in [2.75, 3.05) is 26.7 Å². The van der Waals surface area contributed by atoms with E-state index in [9.17, 15) is 0 Å². The Morgan fingerprint density at radius 2 is 2.00 bits per heavy atom. The Balaban J connectivity index is 1.31. The summed E-state index contributed by atoms with van der Waals surface area (Å²) in [5, 5.41) is 3.53. The maximum absolute atomic E-state index is 5.79. The second kappa shape index (κ2) is 7.63. The molecule has 4 rings (SSSR count). The molecule has 3 aliphatic rings. The fourth-order valence-corrected chi connectivity index (χ4v) is 4.22. The van der Waals surface area contributed by atoms with E-state index in [1.165, 1.54) is 44.1 Å². The molecule has 25 heavy (non-hydrogen) atoms.